The molecular formula is C14H13N5. The minimum Gasteiger partial charge on any atom is -0.378 e. The van der Waals surface area contributed by atoms with Crippen molar-refractivity contribution in [3.63, 3.8) is 0 Å². The second kappa shape index (κ2) is 5.30. The second-order valence-corrected chi connectivity index (χ2v) is 4.06. The van der Waals surface area contributed by atoms with Crippen molar-refractivity contribution in [2.45, 2.75) is 6.54 Å². The summed E-state index contributed by atoms with van der Waals surface area (Å²) < 4.78 is 0. The van der Waals surface area contributed by atoms with E-state index in [1.807, 2.05) is 42.5 Å². The van der Waals surface area contributed by atoms with Crippen molar-refractivity contribution in [1.82, 2.24) is 20.0 Å². The van der Waals surface area contributed by atoms with Crippen LogP contribution in [0.2, 0.25) is 0 Å². The van der Waals surface area contributed by atoms with Gasteiger partial charge in [-0.2, -0.15) is 15.0 Å². The summed E-state index contributed by atoms with van der Waals surface area (Å²) in [6.07, 6.45) is 5.29. The Morgan fingerprint density at radius 2 is 1.89 bits per heavy atom. The minimum atomic E-state index is 0.624. The smallest absolute Gasteiger partial charge is 0.102 e. The number of benzene rings is 1. The number of hydrogen-bond acceptors (Lipinski definition) is 4. The average Bonchev–Trinajstić information content (AvgIpc) is 2.96. The maximum atomic E-state index is 4.42. The Balaban J connectivity index is 1.69. The maximum Gasteiger partial charge on any atom is 0.102 e. The first kappa shape index (κ1) is 11.4. The number of hydrogen-bond donors (Lipinski definition) is 1. The van der Waals surface area contributed by atoms with Gasteiger partial charge in [-0.25, -0.2) is 0 Å². The Bertz CT molecular complexity index is 633. The molecule has 0 aliphatic carbocycles. The maximum absolute atomic E-state index is 4.42. The standard InChI is InChI=1S/C14H13N5/c1-2-6-14(7-3-1)19-17-11-13(18-19)10-16-12-5-4-8-15-9-12/h1-9,11,16H,10H2. The topological polar surface area (TPSA) is 55.6 Å². The Labute approximate surface area is 110 Å². The van der Waals surface area contributed by atoms with Crippen LogP contribution < -0.4 is 5.32 Å². The molecule has 2 heterocycles. The number of anilines is 1. The van der Waals surface area contributed by atoms with E-state index in [0.717, 1.165) is 17.1 Å². The first-order chi connectivity index (χ1) is 9.42. The fraction of sp³-hybridized carbons (Fsp3) is 0.0714. The van der Waals surface area contributed by atoms with E-state index in [2.05, 4.69) is 20.5 Å². The lowest BCUT2D eigenvalue weighted by atomic mass is 10.3. The molecule has 0 saturated heterocycles. The van der Waals surface area contributed by atoms with Crippen LogP contribution in [0.1, 0.15) is 5.69 Å². The number of para-hydroxylation sites is 1. The number of nitrogens with one attached hydrogen (secondary N) is 1. The van der Waals surface area contributed by atoms with Gasteiger partial charge in [0.15, 0.2) is 0 Å². The van der Waals surface area contributed by atoms with Crippen molar-refractivity contribution in [2.75, 3.05) is 5.32 Å². The molecule has 0 fully saturated rings. The van der Waals surface area contributed by atoms with Crippen molar-refractivity contribution in [3.05, 3.63) is 66.7 Å². The van der Waals surface area contributed by atoms with E-state index in [-0.39, 0.29) is 0 Å². The Morgan fingerprint density at radius 1 is 1.00 bits per heavy atom. The highest BCUT2D eigenvalue weighted by Crippen LogP contribution is 2.07. The van der Waals surface area contributed by atoms with Crippen molar-refractivity contribution in [2.24, 2.45) is 0 Å². The van der Waals surface area contributed by atoms with Crippen LogP contribution >= 0.6 is 0 Å². The largest absolute Gasteiger partial charge is 0.378 e. The Hall–Kier alpha value is -2.69. The molecule has 0 saturated carbocycles. The van der Waals surface area contributed by atoms with E-state index in [1.54, 1.807) is 23.4 Å². The monoisotopic (exact) mass is 251 g/mol. The van der Waals surface area contributed by atoms with Gasteiger partial charge in [0.1, 0.15) is 5.69 Å². The summed E-state index contributed by atoms with van der Waals surface area (Å²) in [5.41, 5.74) is 2.81. The zero-order valence-electron chi connectivity index (χ0n) is 10.3. The van der Waals surface area contributed by atoms with Crippen LogP contribution in [0.15, 0.2) is 61.1 Å². The van der Waals surface area contributed by atoms with E-state index in [4.69, 9.17) is 0 Å². The zero-order valence-corrected chi connectivity index (χ0v) is 10.3. The lowest BCUT2D eigenvalue weighted by molar-refractivity contribution is 0.740. The van der Waals surface area contributed by atoms with E-state index < -0.39 is 0 Å². The molecule has 0 unspecified atom stereocenters. The summed E-state index contributed by atoms with van der Waals surface area (Å²) in [6.45, 7) is 0.624. The van der Waals surface area contributed by atoms with E-state index in [1.165, 1.54) is 0 Å². The SMILES string of the molecule is c1ccc(-n2ncc(CNc3cccnc3)n2)cc1. The molecular weight excluding hydrogens is 238 g/mol. The van der Waals surface area contributed by atoms with Crippen LogP contribution in [0.5, 0.6) is 0 Å². The Morgan fingerprint density at radius 3 is 2.68 bits per heavy atom. The van der Waals surface area contributed by atoms with Gasteiger partial charge in [0, 0.05) is 12.4 Å². The third-order valence-corrected chi connectivity index (χ3v) is 2.66. The fourth-order valence-corrected chi connectivity index (χ4v) is 1.72. The predicted octanol–water partition coefficient (Wildman–Crippen LogP) is 2.27. The molecule has 19 heavy (non-hydrogen) atoms. The molecule has 0 amide bonds. The van der Waals surface area contributed by atoms with E-state index >= 15 is 0 Å². The highest BCUT2D eigenvalue weighted by atomic mass is 15.5. The van der Waals surface area contributed by atoms with Crippen molar-refractivity contribution < 1.29 is 0 Å². The quantitative estimate of drug-likeness (QED) is 0.773. The normalized spacial score (nSPS) is 10.3. The van der Waals surface area contributed by atoms with Crippen LogP contribution in [0.3, 0.4) is 0 Å². The molecule has 0 atom stereocenters. The molecule has 3 rings (SSSR count). The molecule has 1 N–H and O–H groups in total. The van der Waals surface area contributed by atoms with Crippen molar-refractivity contribution >= 4 is 5.69 Å². The second-order valence-electron chi connectivity index (χ2n) is 4.06. The molecule has 3 aromatic rings. The van der Waals surface area contributed by atoms with Gasteiger partial charge in [0.25, 0.3) is 0 Å². The average molecular weight is 251 g/mol. The molecule has 94 valence electrons. The molecule has 0 spiro atoms. The van der Waals surface area contributed by atoms with Crippen LogP contribution in [0.4, 0.5) is 5.69 Å². The summed E-state index contributed by atoms with van der Waals surface area (Å²) in [6, 6.07) is 13.7. The van der Waals surface area contributed by atoms with Gasteiger partial charge in [-0.15, -0.1) is 0 Å². The van der Waals surface area contributed by atoms with Gasteiger partial charge >= 0.3 is 0 Å². The number of rotatable bonds is 4. The number of aromatic nitrogens is 4. The van der Waals surface area contributed by atoms with Crippen molar-refractivity contribution in [1.29, 1.82) is 0 Å². The summed E-state index contributed by atoms with van der Waals surface area (Å²) in [7, 11) is 0. The molecule has 2 aromatic heterocycles. The summed E-state index contributed by atoms with van der Waals surface area (Å²) >= 11 is 0. The van der Waals surface area contributed by atoms with Crippen LogP contribution in [-0.4, -0.2) is 20.0 Å². The van der Waals surface area contributed by atoms with Crippen LogP contribution in [0.25, 0.3) is 5.69 Å². The lowest BCUT2D eigenvalue weighted by Gasteiger charge is -2.02. The first-order valence-corrected chi connectivity index (χ1v) is 6.02. The molecule has 0 bridgehead atoms. The number of pyridine rings is 1. The summed E-state index contributed by atoms with van der Waals surface area (Å²) in [5, 5.41) is 11.9. The number of nitrogens with zero attached hydrogens (tertiary/aromatic N) is 4. The third-order valence-electron chi connectivity index (χ3n) is 2.66. The molecule has 1 aromatic carbocycles. The van der Waals surface area contributed by atoms with Crippen LogP contribution in [0, 0.1) is 0 Å². The molecule has 0 aliphatic rings. The zero-order chi connectivity index (χ0) is 12.9. The van der Waals surface area contributed by atoms with E-state index in [0.29, 0.717) is 6.54 Å². The molecule has 0 radical (unpaired) electrons. The predicted molar refractivity (Wildman–Crippen MR) is 72.9 cm³/mol. The van der Waals surface area contributed by atoms with Crippen LogP contribution in [-0.2, 0) is 6.54 Å². The van der Waals surface area contributed by atoms with E-state index in [9.17, 15) is 0 Å². The highest BCUT2D eigenvalue weighted by molar-refractivity contribution is 5.39. The molecule has 5 heteroatoms. The lowest BCUT2D eigenvalue weighted by Crippen LogP contribution is -2.02. The third kappa shape index (κ3) is 2.77. The van der Waals surface area contributed by atoms with Gasteiger partial charge in [-0.1, -0.05) is 18.2 Å². The van der Waals surface area contributed by atoms with Gasteiger partial charge < -0.3 is 5.32 Å². The first-order valence-electron chi connectivity index (χ1n) is 6.02. The minimum absolute atomic E-state index is 0.624. The fourth-order valence-electron chi connectivity index (χ4n) is 1.72. The Kier molecular flexibility index (Phi) is 3.18. The van der Waals surface area contributed by atoms with Gasteiger partial charge in [0.2, 0.25) is 0 Å². The highest BCUT2D eigenvalue weighted by Gasteiger charge is 2.02. The van der Waals surface area contributed by atoms with Gasteiger partial charge in [-0.3, -0.25) is 4.98 Å². The van der Waals surface area contributed by atoms with Gasteiger partial charge in [0.05, 0.1) is 24.1 Å². The molecule has 0 aliphatic heterocycles. The van der Waals surface area contributed by atoms with Gasteiger partial charge in [-0.05, 0) is 24.3 Å². The summed E-state index contributed by atoms with van der Waals surface area (Å²) in [5.74, 6) is 0. The van der Waals surface area contributed by atoms with Crippen molar-refractivity contribution in [3.8, 4) is 5.69 Å². The summed E-state index contributed by atoms with van der Waals surface area (Å²) in [4.78, 5) is 5.67. The molecule has 5 nitrogen and oxygen atoms in total.